The molecule has 1 fully saturated rings. The van der Waals surface area contributed by atoms with Crippen molar-refractivity contribution in [2.75, 3.05) is 13.6 Å². The fourth-order valence-corrected chi connectivity index (χ4v) is 5.22. The molecule has 0 saturated heterocycles. The maximum Gasteiger partial charge on any atom is 0.0545 e. The molecule has 0 aromatic carbocycles. The number of nitrogens with one attached hydrogen (secondary N) is 2. The summed E-state index contributed by atoms with van der Waals surface area (Å²) < 4.78 is 0. The third-order valence-electron chi connectivity index (χ3n) is 6.98. The third-order valence-corrected chi connectivity index (χ3v) is 7.56. The molecule has 0 heterocycles. The van der Waals surface area contributed by atoms with Crippen molar-refractivity contribution < 1.29 is 0 Å². The molecule has 0 amide bonds. The van der Waals surface area contributed by atoms with Gasteiger partial charge in [0.25, 0.3) is 0 Å². The molecule has 2 N–H and O–H groups in total. The first-order valence-electron chi connectivity index (χ1n) is 10.4. The Morgan fingerprint density at radius 3 is 2.44 bits per heavy atom. The van der Waals surface area contributed by atoms with E-state index >= 15 is 0 Å². The highest BCUT2D eigenvalue weighted by Gasteiger charge is 2.37. The summed E-state index contributed by atoms with van der Waals surface area (Å²) >= 11 is 6.53. The normalized spacial score (nSPS) is 32.1. The number of halogens is 1. The van der Waals surface area contributed by atoms with Crippen LogP contribution in [0.15, 0.2) is 23.4 Å². The van der Waals surface area contributed by atoms with Crippen molar-refractivity contribution in [1.82, 2.24) is 10.6 Å². The van der Waals surface area contributed by atoms with Crippen LogP contribution in [-0.2, 0) is 0 Å². The first-order valence-corrected chi connectivity index (χ1v) is 10.8. The number of hydrogen-bond donors (Lipinski definition) is 2. The average molecular weight is 367 g/mol. The second kappa shape index (κ2) is 8.95. The van der Waals surface area contributed by atoms with Crippen LogP contribution < -0.4 is 10.6 Å². The molecule has 3 heteroatoms. The maximum absolute atomic E-state index is 6.53. The minimum atomic E-state index is 0.232. The van der Waals surface area contributed by atoms with E-state index in [2.05, 4.69) is 52.0 Å². The van der Waals surface area contributed by atoms with Gasteiger partial charge in [0.1, 0.15) is 0 Å². The van der Waals surface area contributed by atoms with Crippen molar-refractivity contribution in [3.05, 3.63) is 23.4 Å². The van der Waals surface area contributed by atoms with E-state index in [1.807, 2.05) is 0 Å². The molecule has 0 radical (unpaired) electrons. The van der Waals surface area contributed by atoms with Crippen LogP contribution in [0.4, 0.5) is 0 Å². The van der Waals surface area contributed by atoms with E-state index in [4.69, 9.17) is 11.6 Å². The predicted octanol–water partition coefficient (Wildman–Crippen LogP) is 5.64. The Morgan fingerprint density at radius 1 is 1.32 bits per heavy atom. The summed E-state index contributed by atoms with van der Waals surface area (Å²) in [4.78, 5) is 0. The summed E-state index contributed by atoms with van der Waals surface area (Å²) in [5.74, 6) is 1.24. The Bertz CT molecular complexity index is 488. The molecule has 2 rings (SSSR count). The van der Waals surface area contributed by atoms with Gasteiger partial charge in [-0.15, -0.1) is 11.6 Å². The molecule has 0 bridgehead atoms. The van der Waals surface area contributed by atoms with Gasteiger partial charge in [-0.2, -0.15) is 0 Å². The lowest BCUT2D eigenvalue weighted by molar-refractivity contribution is 0.190. The second-order valence-corrected chi connectivity index (χ2v) is 8.95. The molecule has 3 atom stereocenters. The van der Waals surface area contributed by atoms with Gasteiger partial charge >= 0.3 is 0 Å². The largest absolute Gasteiger partial charge is 0.388 e. The van der Waals surface area contributed by atoms with Crippen LogP contribution in [0.2, 0.25) is 0 Å². The lowest BCUT2D eigenvalue weighted by Gasteiger charge is -2.42. The van der Waals surface area contributed by atoms with Crippen molar-refractivity contribution in [3.63, 3.8) is 0 Å². The zero-order valence-electron chi connectivity index (χ0n) is 17.1. The topological polar surface area (TPSA) is 24.1 Å². The molecular weight excluding hydrogens is 328 g/mol. The first kappa shape index (κ1) is 20.8. The van der Waals surface area contributed by atoms with Crippen LogP contribution in [0, 0.1) is 17.3 Å². The molecule has 25 heavy (non-hydrogen) atoms. The summed E-state index contributed by atoms with van der Waals surface area (Å²) in [6, 6.07) is 0.685. The smallest absolute Gasteiger partial charge is 0.0545 e. The van der Waals surface area contributed by atoms with Crippen molar-refractivity contribution in [2.45, 2.75) is 84.1 Å². The first-order chi connectivity index (χ1) is 11.9. The summed E-state index contributed by atoms with van der Waals surface area (Å²) in [5.41, 5.74) is 4.67. The number of alkyl halides is 1. The molecule has 0 spiro atoms. The van der Waals surface area contributed by atoms with Crippen molar-refractivity contribution in [2.24, 2.45) is 17.3 Å². The highest BCUT2D eigenvalue weighted by Crippen LogP contribution is 2.45. The summed E-state index contributed by atoms with van der Waals surface area (Å²) in [5, 5.41) is 7.41. The summed E-state index contributed by atoms with van der Waals surface area (Å²) in [7, 11) is 2.09. The fraction of sp³-hybridized carbons (Fsp3) is 0.818. The monoisotopic (exact) mass is 366 g/mol. The highest BCUT2D eigenvalue weighted by molar-refractivity contribution is 6.22. The summed E-state index contributed by atoms with van der Waals surface area (Å²) in [6.07, 6.45) is 8.43. The molecule has 144 valence electrons. The van der Waals surface area contributed by atoms with Gasteiger partial charge in [0.15, 0.2) is 0 Å². The molecule has 0 aliphatic heterocycles. The van der Waals surface area contributed by atoms with E-state index in [1.54, 1.807) is 5.57 Å². The van der Waals surface area contributed by atoms with Crippen LogP contribution in [0.25, 0.3) is 0 Å². The van der Waals surface area contributed by atoms with E-state index < -0.39 is 0 Å². The zero-order chi connectivity index (χ0) is 18.6. The molecule has 3 unspecified atom stereocenters. The quantitative estimate of drug-likeness (QED) is 0.407. The number of rotatable bonds is 9. The van der Waals surface area contributed by atoms with Crippen molar-refractivity contribution in [1.29, 1.82) is 0 Å². The van der Waals surface area contributed by atoms with E-state index in [0.29, 0.717) is 17.9 Å². The average Bonchev–Trinajstić information content (AvgIpc) is 2.63. The lowest BCUT2D eigenvalue weighted by atomic mass is 9.68. The van der Waals surface area contributed by atoms with Crippen molar-refractivity contribution in [3.8, 4) is 0 Å². The van der Waals surface area contributed by atoms with Crippen LogP contribution in [0.3, 0.4) is 0 Å². The zero-order valence-corrected chi connectivity index (χ0v) is 17.8. The second-order valence-electron chi connectivity index (χ2n) is 8.42. The minimum absolute atomic E-state index is 0.232. The lowest BCUT2D eigenvalue weighted by Crippen LogP contribution is -2.41. The third kappa shape index (κ3) is 4.45. The molecule has 0 aromatic rings. The summed E-state index contributed by atoms with van der Waals surface area (Å²) in [6.45, 7) is 14.7. The van der Waals surface area contributed by atoms with Gasteiger partial charge in [0, 0.05) is 23.7 Å². The van der Waals surface area contributed by atoms with Crippen molar-refractivity contribution >= 4 is 11.6 Å². The molecule has 2 nitrogen and oxygen atoms in total. The SMILES string of the molecule is C=C(NCC(C)C1=C(C(Cl)CC)CC1C)C1(CC)CCC(NC)CC1. The Morgan fingerprint density at radius 2 is 1.96 bits per heavy atom. The molecule has 2 aliphatic rings. The highest BCUT2D eigenvalue weighted by atomic mass is 35.5. The van der Waals surface area contributed by atoms with E-state index in [9.17, 15) is 0 Å². The van der Waals surface area contributed by atoms with Crippen LogP contribution >= 0.6 is 11.6 Å². The van der Waals surface area contributed by atoms with Gasteiger partial charge in [-0.25, -0.2) is 0 Å². The van der Waals surface area contributed by atoms with E-state index in [0.717, 1.165) is 13.0 Å². The van der Waals surface area contributed by atoms with Crippen LogP contribution in [0.1, 0.15) is 72.6 Å². The molecule has 2 aliphatic carbocycles. The van der Waals surface area contributed by atoms with Crippen LogP contribution in [0.5, 0.6) is 0 Å². The Labute approximate surface area is 160 Å². The number of allylic oxidation sites excluding steroid dienone is 2. The Hall–Kier alpha value is -0.470. The van der Waals surface area contributed by atoms with E-state index in [1.165, 1.54) is 49.8 Å². The molecule has 0 aromatic heterocycles. The van der Waals surface area contributed by atoms with Gasteiger partial charge in [-0.1, -0.05) is 45.4 Å². The number of hydrogen-bond acceptors (Lipinski definition) is 2. The molecular formula is C22H39ClN2. The minimum Gasteiger partial charge on any atom is -0.388 e. The Kier molecular flexibility index (Phi) is 7.46. The standard InChI is InChI=1S/C22H39ClN2/c1-7-20(23)19-13-15(3)21(19)16(4)14-25-17(5)22(8-2)11-9-18(24-6)10-12-22/h15-16,18,20,24-25H,5,7-14H2,1-4,6H3. The van der Waals surface area contributed by atoms with E-state index in [-0.39, 0.29) is 10.8 Å². The van der Waals surface area contributed by atoms with Gasteiger partial charge in [-0.05, 0) is 63.8 Å². The van der Waals surface area contributed by atoms with Gasteiger partial charge < -0.3 is 10.6 Å². The predicted molar refractivity (Wildman–Crippen MR) is 111 cm³/mol. The van der Waals surface area contributed by atoms with Gasteiger partial charge in [0.2, 0.25) is 0 Å². The maximum atomic E-state index is 6.53. The fourth-order valence-electron chi connectivity index (χ4n) is 5.00. The molecule has 1 saturated carbocycles. The van der Waals surface area contributed by atoms with Gasteiger partial charge in [0.05, 0.1) is 5.38 Å². The van der Waals surface area contributed by atoms with Gasteiger partial charge in [-0.3, -0.25) is 0 Å². The van der Waals surface area contributed by atoms with Crippen LogP contribution in [-0.4, -0.2) is 25.0 Å². The Balaban J connectivity index is 1.94.